The molecular weight excluding hydrogens is 320 g/mol. The van der Waals surface area contributed by atoms with Gasteiger partial charge in [-0.05, 0) is 48.4 Å². The summed E-state index contributed by atoms with van der Waals surface area (Å²) in [5, 5.41) is 29.4. The molecule has 0 spiro atoms. The molecule has 0 aliphatic carbocycles. The van der Waals surface area contributed by atoms with E-state index in [9.17, 15) is 24.9 Å². The van der Waals surface area contributed by atoms with Gasteiger partial charge in [-0.2, -0.15) is 0 Å². The molecule has 25 heavy (non-hydrogen) atoms. The summed E-state index contributed by atoms with van der Waals surface area (Å²) in [5.41, 5.74) is 0.971. The first-order chi connectivity index (χ1) is 11.8. The lowest BCUT2D eigenvalue weighted by Gasteiger charge is -2.10. The number of carbonyl (C=O) groups is 2. The van der Waals surface area contributed by atoms with Crippen LogP contribution < -0.4 is 0 Å². The molecule has 0 heterocycles. The van der Waals surface area contributed by atoms with Crippen molar-refractivity contribution in [1.82, 2.24) is 0 Å². The highest BCUT2D eigenvalue weighted by Gasteiger charge is 2.18. The third-order valence-electron chi connectivity index (χ3n) is 3.66. The Morgan fingerprint density at radius 1 is 1.04 bits per heavy atom. The van der Waals surface area contributed by atoms with Crippen molar-refractivity contribution in [3.63, 3.8) is 0 Å². The molecule has 0 saturated carbocycles. The minimum absolute atomic E-state index is 0.00289. The maximum Gasteiger partial charge on any atom is 0.189 e. The topological polar surface area (TPSA) is 94.8 Å². The van der Waals surface area contributed by atoms with Gasteiger partial charge in [0, 0.05) is 12.0 Å². The molecule has 128 valence electrons. The van der Waals surface area contributed by atoms with Gasteiger partial charge < -0.3 is 15.3 Å². The van der Waals surface area contributed by atoms with Gasteiger partial charge in [-0.3, -0.25) is 9.59 Å². The fourth-order valence-corrected chi connectivity index (χ4v) is 2.16. The number of aromatic hydroxyl groups is 3. The third kappa shape index (κ3) is 4.35. The van der Waals surface area contributed by atoms with Crippen LogP contribution in [0.5, 0.6) is 17.2 Å². The van der Waals surface area contributed by atoms with Crippen LogP contribution in [0.25, 0.3) is 6.08 Å². The van der Waals surface area contributed by atoms with Crippen LogP contribution in [0.2, 0.25) is 0 Å². The number of carbonyl (C=O) groups excluding carboxylic acids is 2. The number of hydrogen-bond acceptors (Lipinski definition) is 5. The molecule has 0 radical (unpaired) electrons. The Bertz CT molecular complexity index is 860. The van der Waals surface area contributed by atoms with Crippen LogP contribution in [0.15, 0.2) is 54.6 Å². The highest BCUT2D eigenvalue weighted by Crippen LogP contribution is 2.32. The number of allylic oxidation sites excluding steroid dienone is 2. The van der Waals surface area contributed by atoms with Gasteiger partial charge in [0.25, 0.3) is 0 Å². The van der Waals surface area contributed by atoms with E-state index in [4.69, 9.17) is 0 Å². The minimum atomic E-state index is -0.477. The number of hydrogen-bond donors (Lipinski definition) is 3. The van der Waals surface area contributed by atoms with E-state index in [2.05, 4.69) is 6.58 Å². The SMILES string of the molecule is C=C(C)C(=O)Cc1c(O)ccc(C(=O)/C=C/c2ccc(O)cc2)c1O. The molecule has 0 saturated heterocycles. The van der Waals surface area contributed by atoms with E-state index in [0.717, 1.165) is 0 Å². The molecule has 5 heteroatoms. The molecule has 2 rings (SSSR count). The van der Waals surface area contributed by atoms with Crippen LogP contribution in [0.1, 0.15) is 28.4 Å². The average Bonchev–Trinajstić information content (AvgIpc) is 2.57. The van der Waals surface area contributed by atoms with E-state index >= 15 is 0 Å². The van der Waals surface area contributed by atoms with E-state index in [0.29, 0.717) is 11.1 Å². The third-order valence-corrected chi connectivity index (χ3v) is 3.66. The summed E-state index contributed by atoms with van der Waals surface area (Å²) in [4.78, 5) is 24.1. The second-order valence-corrected chi connectivity index (χ2v) is 5.63. The van der Waals surface area contributed by atoms with Gasteiger partial charge >= 0.3 is 0 Å². The molecule has 0 amide bonds. The van der Waals surface area contributed by atoms with Crippen LogP contribution in [0.3, 0.4) is 0 Å². The normalized spacial score (nSPS) is 10.8. The Labute approximate surface area is 145 Å². The molecule has 0 fully saturated rings. The van der Waals surface area contributed by atoms with Gasteiger partial charge in [-0.15, -0.1) is 0 Å². The van der Waals surface area contributed by atoms with Gasteiger partial charge in [-0.25, -0.2) is 0 Å². The van der Waals surface area contributed by atoms with Crippen LogP contribution >= 0.6 is 0 Å². The molecule has 0 aliphatic rings. The summed E-state index contributed by atoms with van der Waals surface area (Å²) in [6, 6.07) is 8.80. The Kier molecular flexibility index (Phi) is 5.39. The molecule has 2 aromatic carbocycles. The van der Waals surface area contributed by atoms with Gasteiger partial charge in [0.15, 0.2) is 11.6 Å². The number of ketones is 2. The number of rotatable bonds is 6. The molecule has 0 bridgehead atoms. The van der Waals surface area contributed by atoms with Crippen LogP contribution in [-0.4, -0.2) is 26.9 Å². The number of phenols is 3. The van der Waals surface area contributed by atoms with Crippen LogP contribution in [0.4, 0.5) is 0 Å². The predicted molar refractivity (Wildman–Crippen MR) is 94.8 cm³/mol. The highest BCUT2D eigenvalue weighted by atomic mass is 16.3. The summed E-state index contributed by atoms with van der Waals surface area (Å²) >= 11 is 0. The summed E-state index contributed by atoms with van der Waals surface area (Å²) in [5.74, 6) is -1.38. The molecule has 0 unspecified atom stereocenters. The van der Waals surface area contributed by atoms with E-state index in [1.807, 2.05) is 0 Å². The Hall–Kier alpha value is -3.34. The summed E-state index contributed by atoms with van der Waals surface area (Å²) in [6.07, 6.45) is 2.56. The molecule has 0 aromatic heterocycles. The first kappa shape index (κ1) is 18.0. The molecule has 0 atom stereocenters. The second kappa shape index (κ2) is 7.49. The van der Waals surface area contributed by atoms with E-state index < -0.39 is 11.5 Å². The van der Waals surface area contributed by atoms with Gasteiger partial charge in [-0.1, -0.05) is 24.8 Å². The Balaban J connectivity index is 2.29. The van der Waals surface area contributed by atoms with E-state index in [1.54, 1.807) is 12.1 Å². The maximum atomic E-state index is 12.3. The molecule has 0 aliphatic heterocycles. The maximum absolute atomic E-state index is 12.3. The lowest BCUT2D eigenvalue weighted by atomic mass is 9.98. The van der Waals surface area contributed by atoms with E-state index in [1.165, 1.54) is 43.3 Å². The van der Waals surface area contributed by atoms with Gasteiger partial charge in [0.1, 0.15) is 17.2 Å². The predicted octanol–water partition coefficient (Wildman–Crippen LogP) is 3.39. The second-order valence-electron chi connectivity index (χ2n) is 5.63. The average molecular weight is 338 g/mol. The zero-order valence-electron chi connectivity index (χ0n) is 13.7. The lowest BCUT2D eigenvalue weighted by Crippen LogP contribution is -2.06. The fourth-order valence-electron chi connectivity index (χ4n) is 2.16. The monoisotopic (exact) mass is 338 g/mol. The quantitative estimate of drug-likeness (QED) is 0.554. The van der Waals surface area contributed by atoms with Gasteiger partial charge in [0.2, 0.25) is 0 Å². The largest absolute Gasteiger partial charge is 0.508 e. The first-order valence-corrected chi connectivity index (χ1v) is 7.53. The fraction of sp³-hybridized carbons (Fsp3) is 0.100. The summed E-state index contributed by atoms with van der Waals surface area (Å²) < 4.78 is 0. The van der Waals surface area contributed by atoms with E-state index in [-0.39, 0.29) is 34.8 Å². The Morgan fingerprint density at radius 3 is 2.28 bits per heavy atom. The van der Waals surface area contributed by atoms with Crippen LogP contribution in [-0.2, 0) is 11.2 Å². The summed E-state index contributed by atoms with van der Waals surface area (Å²) in [6.45, 7) is 5.06. The molecular formula is C20H18O5. The van der Waals surface area contributed by atoms with Crippen molar-refractivity contribution in [2.45, 2.75) is 13.3 Å². The number of benzene rings is 2. The summed E-state index contributed by atoms with van der Waals surface area (Å²) in [7, 11) is 0. The Morgan fingerprint density at radius 2 is 1.68 bits per heavy atom. The standard InChI is InChI=1S/C20H18O5/c1-12(2)19(24)11-16-18(23)10-8-15(20(16)25)17(22)9-5-13-3-6-14(21)7-4-13/h3-10,21,23,25H,1,11H2,2H3/b9-5+. The zero-order valence-corrected chi connectivity index (χ0v) is 13.7. The molecule has 5 nitrogen and oxygen atoms in total. The van der Waals surface area contributed by atoms with Crippen molar-refractivity contribution < 1.29 is 24.9 Å². The zero-order chi connectivity index (χ0) is 18.6. The molecule has 3 N–H and O–H groups in total. The first-order valence-electron chi connectivity index (χ1n) is 7.53. The highest BCUT2D eigenvalue weighted by molar-refractivity contribution is 6.09. The van der Waals surface area contributed by atoms with Crippen molar-refractivity contribution in [1.29, 1.82) is 0 Å². The van der Waals surface area contributed by atoms with Crippen molar-refractivity contribution in [2.24, 2.45) is 0 Å². The van der Waals surface area contributed by atoms with Crippen molar-refractivity contribution in [3.05, 3.63) is 71.3 Å². The number of phenolic OH excluding ortho intramolecular Hbond substituents is 3. The van der Waals surface area contributed by atoms with Crippen molar-refractivity contribution in [3.8, 4) is 17.2 Å². The lowest BCUT2D eigenvalue weighted by molar-refractivity contribution is -0.114. The van der Waals surface area contributed by atoms with Crippen molar-refractivity contribution >= 4 is 17.6 Å². The van der Waals surface area contributed by atoms with Crippen LogP contribution in [0, 0.1) is 0 Å². The van der Waals surface area contributed by atoms with Gasteiger partial charge in [0.05, 0.1) is 5.56 Å². The van der Waals surface area contributed by atoms with Crippen molar-refractivity contribution in [2.75, 3.05) is 0 Å². The molecule has 2 aromatic rings. The minimum Gasteiger partial charge on any atom is -0.508 e. The smallest absolute Gasteiger partial charge is 0.189 e. The number of Topliss-reactive ketones (excluding diaryl/α,β-unsaturated/α-hetero) is 1.